The van der Waals surface area contributed by atoms with Crippen molar-refractivity contribution < 1.29 is 14.5 Å². The molecule has 1 aromatic rings. The van der Waals surface area contributed by atoms with E-state index in [1.807, 2.05) is 25.7 Å². The number of carbonyl (C=O) groups is 2. The summed E-state index contributed by atoms with van der Waals surface area (Å²) in [6.45, 7) is 6.82. The minimum atomic E-state index is -0.556. The molecular weight excluding hydrogens is 310 g/mol. The Balaban J connectivity index is 1.96. The zero-order chi connectivity index (χ0) is 17.9. The fourth-order valence-corrected chi connectivity index (χ4v) is 2.79. The summed E-state index contributed by atoms with van der Waals surface area (Å²) >= 11 is 0. The van der Waals surface area contributed by atoms with Crippen LogP contribution in [0.3, 0.4) is 0 Å². The van der Waals surface area contributed by atoms with E-state index < -0.39 is 16.2 Å². The molecule has 0 bridgehead atoms. The average Bonchev–Trinajstić information content (AvgIpc) is 2.54. The van der Waals surface area contributed by atoms with Gasteiger partial charge in [0.1, 0.15) is 5.56 Å². The van der Waals surface area contributed by atoms with Gasteiger partial charge in [-0.25, -0.2) is 0 Å². The first-order chi connectivity index (χ1) is 11.2. The van der Waals surface area contributed by atoms with E-state index in [4.69, 9.17) is 0 Å². The Morgan fingerprint density at radius 2 is 1.79 bits per heavy atom. The first kappa shape index (κ1) is 17.9. The van der Waals surface area contributed by atoms with E-state index in [0.717, 1.165) is 0 Å². The van der Waals surface area contributed by atoms with Gasteiger partial charge >= 0.3 is 0 Å². The van der Waals surface area contributed by atoms with Crippen LogP contribution in [0.15, 0.2) is 24.3 Å². The number of hydrogen-bond donors (Lipinski definition) is 1. The quantitative estimate of drug-likeness (QED) is 0.679. The lowest BCUT2D eigenvalue weighted by atomic mass is 9.93. The van der Waals surface area contributed by atoms with Gasteiger partial charge in [-0.2, -0.15) is 0 Å². The molecular formula is C17H23N3O4. The molecule has 0 saturated carbocycles. The number of hydrogen-bond acceptors (Lipinski definition) is 4. The minimum absolute atomic E-state index is 0.0655. The van der Waals surface area contributed by atoms with E-state index in [0.29, 0.717) is 25.9 Å². The van der Waals surface area contributed by atoms with Crippen molar-refractivity contribution >= 4 is 17.5 Å². The van der Waals surface area contributed by atoms with Gasteiger partial charge in [-0.3, -0.25) is 19.7 Å². The Bertz CT molecular complexity index is 643. The van der Waals surface area contributed by atoms with Gasteiger partial charge in [0.15, 0.2) is 0 Å². The van der Waals surface area contributed by atoms with E-state index >= 15 is 0 Å². The average molecular weight is 333 g/mol. The molecule has 0 spiro atoms. The third-order valence-corrected chi connectivity index (χ3v) is 4.10. The van der Waals surface area contributed by atoms with Crippen molar-refractivity contribution in [2.24, 2.45) is 5.41 Å². The standard InChI is InChI=1S/C17H23N3O4/c1-17(2,3)16(22)19-10-8-12(9-11-19)18-15(21)13-6-4-5-7-14(13)20(23)24/h4-7,12H,8-11H2,1-3H3,(H,18,21). The van der Waals surface area contributed by atoms with Crippen molar-refractivity contribution in [3.05, 3.63) is 39.9 Å². The predicted molar refractivity (Wildman–Crippen MR) is 89.6 cm³/mol. The molecule has 0 unspecified atom stereocenters. The molecule has 7 heteroatoms. The fourth-order valence-electron chi connectivity index (χ4n) is 2.79. The van der Waals surface area contributed by atoms with Crippen molar-refractivity contribution in [1.82, 2.24) is 10.2 Å². The van der Waals surface area contributed by atoms with Crippen LogP contribution in [0.25, 0.3) is 0 Å². The lowest BCUT2D eigenvalue weighted by Gasteiger charge is -2.36. The Morgan fingerprint density at radius 3 is 2.33 bits per heavy atom. The Hall–Kier alpha value is -2.44. The molecule has 1 saturated heterocycles. The van der Waals surface area contributed by atoms with Crippen LogP contribution in [0.2, 0.25) is 0 Å². The number of rotatable bonds is 3. The molecule has 2 rings (SSSR count). The Kier molecular flexibility index (Phi) is 5.21. The first-order valence-corrected chi connectivity index (χ1v) is 8.04. The van der Waals surface area contributed by atoms with Crippen LogP contribution in [0.5, 0.6) is 0 Å². The first-order valence-electron chi connectivity index (χ1n) is 8.04. The molecule has 1 N–H and O–H groups in total. The van der Waals surface area contributed by atoms with Crippen LogP contribution in [-0.2, 0) is 4.79 Å². The largest absolute Gasteiger partial charge is 0.349 e. The summed E-state index contributed by atoms with van der Waals surface area (Å²) in [5, 5.41) is 13.9. The second-order valence-corrected chi connectivity index (χ2v) is 7.06. The highest BCUT2D eigenvalue weighted by atomic mass is 16.6. The highest BCUT2D eigenvalue weighted by Gasteiger charge is 2.31. The molecule has 1 aromatic carbocycles. The van der Waals surface area contributed by atoms with Gasteiger partial charge in [-0.15, -0.1) is 0 Å². The van der Waals surface area contributed by atoms with Crippen LogP contribution >= 0.6 is 0 Å². The maximum atomic E-state index is 12.3. The molecule has 130 valence electrons. The number of amides is 2. The summed E-state index contributed by atoms with van der Waals surface area (Å²) in [5.41, 5.74) is -0.549. The Labute approximate surface area is 141 Å². The van der Waals surface area contributed by atoms with Gasteiger partial charge in [-0.05, 0) is 18.9 Å². The third kappa shape index (κ3) is 4.10. The van der Waals surface area contributed by atoms with E-state index in [2.05, 4.69) is 5.32 Å². The van der Waals surface area contributed by atoms with E-state index in [9.17, 15) is 19.7 Å². The van der Waals surface area contributed by atoms with Crippen molar-refractivity contribution in [3.63, 3.8) is 0 Å². The van der Waals surface area contributed by atoms with Crippen molar-refractivity contribution in [3.8, 4) is 0 Å². The normalized spacial score (nSPS) is 15.9. The van der Waals surface area contributed by atoms with E-state index in [1.54, 1.807) is 6.07 Å². The number of nitrogens with one attached hydrogen (secondary N) is 1. The molecule has 0 aromatic heterocycles. The molecule has 0 radical (unpaired) electrons. The lowest BCUT2D eigenvalue weighted by Crippen LogP contribution is -2.49. The smallest absolute Gasteiger partial charge is 0.282 e. The summed E-state index contributed by atoms with van der Waals surface area (Å²) in [5.74, 6) is -0.339. The molecule has 1 heterocycles. The molecule has 7 nitrogen and oxygen atoms in total. The molecule has 1 fully saturated rings. The number of para-hydroxylation sites is 1. The monoisotopic (exact) mass is 333 g/mol. The summed E-state index contributed by atoms with van der Waals surface area (Å²) in [7, 11) is 0. The zero-order valence-electron chi connectivity index (χ0n) is 14.2. The summed E-state index contributed by atoms with van der Waals surface area (Å²) in [4.78, 5) is 36.8. The highest BCUT2D eigenvalue weighted by Crippen LogP contribution is 2.22. The van der Waals surface area contributed by atoms with Crippen molar-refractivity contribution in [2.75, 3.05) is 13.1 Å². The molecule has 2 amide bonds. The second kappa shape index (κ2) is 6.98. The summed E-state index contributed by atoms with van der Waals surface area (Å²) in [6, 6.07) is 5.82. The molecule has 1 aliphatic heterocycles. The molecule has 0 atom stereocenters. The van der Waals surface area contributed by atoms with Gasteiger partial charge in [-0.1, -0.05) is 32.9 Å². The zero-order valence-corrected chi connectivity index (χ0v) is 14.2. The molecule has 1 aliphatic rings. The van der Waals surface area contributed by atoms with Crippen LogP contribution in [-0.4, -0.2) is 40.8 Å². The van der Waals surface area contributed by atoms with Crippen LogP contribution in [0, 0.1) is 15.5 Å². The number of nitrogens with zero attached hydrogens (tertiary/aromatic N) is 2. The predicted octanol–water partition coefficient (Wildman–Crippen LogP) is 2.36. The number of likely N-dealkylation sites (tertiary alicyclic amines) is 1. The fraction of sp³-hybridized carbons (Fsp3) is 0.529. The Morgan fingerprint density at radius 1 is 1.21 bits per heavy atom. The van der Waals surface area contributed by atoms with Gasteiger partial charge in [0, 0.05) is 30.6 Å². The maximum absolute atomic E-state index is 12.3. The number of piperidine rings is 1. The number of nitro benzene ring substituents is 1. The molecule has 24 heavy (non-hydrogen) atoms. The summed E-state index contributed by atoms with van der Waals surface area (Å²) < 4.78 is 0. The third-order valence-electron chi connectivity index (χ3n) is 4.10. The topological polar surface area (TPSA) is 92.6 Å². The minimum Gasteiger partial charge on any atom is -0.349 e. The van der Waals surface area contributed by atoms with Crippen molar-refractivity contribution in [2.45, 2.75) is 39.7 Å². The SMILES string of the molecule is CC(C)(C)C(=O)N1CCC(NC(=O)c2ccccc2[N+](=O)[O-])CC1. The lowest BCUT2D eigenvalue weighted by molar-refractivity contribution is -0.385. The van der Waals surface area contributed by atoms with Gasteiger partial charge in [0.05, 0.1) is 4.92 Å². The van der Waals surface area contributed by atoms with Gasteiger partial charge in [0.2, 0.25) is 5.91 Å². The molecule has 0 aliphatic carbocycles. The van der Waals surface area contributed by atoms with Crippen LogP contribution < -0.4 is 5.32 Å². The summed E-state index contributed by atoms with van der Waals surface area (Å²) in [6.07, 6.45) is 1.29. The number of carbonyl (C=O) groups excluding carboxylic acids is 2. The van der Waals surface area contributed by atoms with Crippen molar-refractivity contribution in [1.29, 1.82) is 0 Å². The number of nitro groups is 1. The van der Waals surface area contributed by atoms with Crippen LogP contribution in [0.1, 0.15) is 44.0 Å². The maximum Gasteiger partial charge on any atom is 0.282 e. The second-order valence-electron chi connectivity index (χ2n) is 7.06. The number of benzene rings is 1. The van der Waals surface area contributed by atoms with E-state index in [-0.39, 0.29) is 23.2 Å². The van der Waals surface area contributed by atoms with E-state index in [1.165, 1.54) is 18.2 Å². The highest BCUT2D eigenvalue weighted by molar-refractivity contribution is 5.98. The van der Waals surface area contributed by atoms with Gasteiger partial charge < -0.3 is 10.2 Å². The van der Waals surface area contributed by atoms with Crippen LogP contribution in [0.4, 0.5) is 5.69 Å². The van der Waals surface area contributed by atoms with Gasteiger partial charge in [0.25, 0.3) is 11.6 Å².